The maximum absolute atomic E-state index is 13.2. The van der Waals surface area contributed by atoms with Crippen LogP contribution in [0, 0.1) is 5.82 Å². The van der Waals surface area contributed by atoms with Crippen molar-refractivity contribution in [1.29, 1.82) is 0 Å². The first-order valence-electron chi connectivity index (χ1n) is 11.0. The molecule has 0 radical (unpaired) electrons. The van der Waals surface area contributed by atoms with Gasteiger partial charge in [0.05, 0.1) is 13.1 Å². The molecular weight excluding hydrogens is 445 g/mol. The number of carbonyl (C=O) groups excluding carboxylic acids is 3. The van der Waals surface area contributed by atoms with Crippen LogP contribution in [0.15, 0.2) is 42.5 Å². The molecule has 2 aliphatic heterocycles. The Kier molecular flexibility index (Phi) is 7.55. The summed E-state index contributed by atoms with van der Waals surface area (Å²) >= 11 is 0. The van der Waals surface area contributed by atoms with Crippen LogP contribution in [-0.4, -0.2) is 80.1 Å². The molecule has 10 nitrogen and oxygen atoms in total. The minimum absolute atomic E-state index is 0.0673. The number of anilines is 2. The van der Waals surface area contributed by atoms with Crippen LogP contribution in [0.3, 0.4) is 0 Å². The lowest BCUT2D eigenvalue weighted by atomic mass is 10.2. The lowest BCUT2D eigenvalue weighted by molar-refractivity contribution is -0.122. The molecule has 0 saturated carbocycles. The summed E-state index contributed by atoms with van der Waals surface area (Å²) in [5.41, 5.74) is 0.898. The van der Waals surface area contributed by atoms with Gasteiger partial charge < -0.3 is 20.1 Å². The summed E-state index contributed by atoms with van der Waals surface area (Å²) in [5.74, 6) is 0.0846. The van der Waals surface area contributed by atoms with Gasteiger partial charge in [0.25, 0.3) is 0 Å². The summed E-state index contributed by atoms with van der Waals surface area (Å²) in [6.07, 6.45) is 0. The molecule has 4 amide bonds. The van der Waals surface area contributed by atoms with E-state index in [0.717, 1.165) is 0 Å². The molecule has 34 heavy (non-hydrogen) atoms. The predicted octanol–water partition coefficient (Wildman–Crippen LogP) is 1.50. The van der Waals surface area contributed by atoms with Gasteiger partial charge in [0.1, 0.15) is 19.0 Å². The summed E-state index contributed by atoms with van der Waals surface area (Å²) in [6, 6.07) is 10.1. The Labute approximate surface area is 196 Å². The largest absolute Gasteiger partial charge is 0.486 e. The highest BCUT2D eigenvalue weighted by atomic mass is 19.1. The molecule has 0 atom stereocenters. The molecule has 11 heteroatoms. The Morgan fingerprint density at radius 1 is 0.794 bits per heavy atom. The van der Waals surface area contributed by atoms with Gasteiger partial charge in [-0.05, 0) is 30.3 Å². The van der Waals surface area contributed by atoms with Crippen molar-refractivity contribution in [2.24, 2.45) is 0 Å². The normalized spacial score (nSPS) is 15.9. The van der Waals surface area contributed by atoms with Gasteiger partial charge in [-0.25, -0.2) is 9.18 Å². The fourth-order valence-corrected chi connectivity index (χ4v) is 3.73. The number of nitrogens with zero attached hydrogens (tertiary/aromatic N) is 2. The maximum atomic E-state index is 13.2. The van der Waals surface area contributed by atoms with E-state index in [2.05, 4.69) is 16.0 Å². The molecule has 2 aromatic carbocycles. The molecule has 0 bridgehead atoms. The second kappa shape index (κ2) is 10.9. The van der Waals surface area contributed by atoms with E-state index in [4.69, 9.17) is 9.47 Å². The summed E-state index contributed by atoms with van der Waals surface area (Å²) in [6.45, 7) is 3.49. The van der Waals surface area contributed by atoms with Gasteiger partial charge in [0, 0.05) is 43.6 Å². The number of piperazine rings is 1. The number of hydrogen-bond acceptors (Lipinski definition) is 7. The number of benzene rings is 2. The first-order chi connectivity index (χ1) is 16.4. The zero-order valence-electron chi connectivity index (χ0n) is 18.5. The van der Waals surface area contributed by atoms with Gasteiger partial charge in [-0.3, -0.25) is 24.7 Å². The Hall–Kier alpha value is -3.70. The molecule has 0 spiro atoms. The van der Waals surface area contributed by atoms with E-state index in [9.17, 15) is 18.8 Å². The molecule has 2 heterocycles. The summed E-state index contributed by atoms with van der Waals surface area (Å²) in [4.78, 5) is 40.5. The molecule has 180 valence electrons. The number of fused-ring (bicyclic) bond motifs is 1. The zero-order valence-corrected chi connectivity index (χ0v) is 18.5. The minimum atomic E-state index is -0.630. The number of ether oxygens (including phenoxy) is 2. The second-order valence-electron chi connectivity index (χ2n) is 7.97. The highest BCUT2D eigenvalue weighted by molar-refractivity contribution is 6.01. The number of rotatable bonds is 6. The second-order valence-corrected chi connectivity index (χ2v) is 7.97. The zero-order chi connectivity index (χ0) is 23.9. The molecule has 0 aliphatic carbocycles. The Bertz CT molecular complexity index is 1060. The van der Waals surface area contributed by atoms with E-state index in [1.165, 1.54) is 18.2 Å². The molecule has 1 saturated heterocycles. The Morgan fingerprint density at radius 2 is 1.44 bits per heavy atom. The van der Waals surface area contributed by atoms with Gasteiger partial charge in [-0.2, -0.15) is 0 Å². The third-order valence-corrected chi connectivity index (χ3v) is 5.36. The molecule has 1 fully saturated rings. The van der Waals surface area contributed by atoms with Gasteiger partial charge in [0.15, 0.2) is 11.5 Å². The van der Waals surface area contributed by atoms with Crippen LogP contribution in [0.4, 0.5) is 20.6 Å². The minimum Gasteiger partial charge on any atom is -0.486 e. The van der Waals surface area contributed by atoms with E-state index >= 15 is 0 Å². The van der Waals surface area contributed by atoms with Crippen molar-refractivity contribution in [2.75, 3.05) is 63.1 Å². The molecule has 0 aromatic heterocycles. The quantitative estimate of drug-likeness (QED) is 0.585. The molecule has 0 unspecified atom stereocenters. The highest BCUT2D eigenvalue weighted by Crippen LogP contribution is 2.32. The third-order valence-electron chi connectivity index (χ3n) is 5.36. The van der Waals surface area contributed by atoms with Crippen molar-refractivity contribution in [3.05, 3.63) is 48.3 Å². The van der Waals surface area contributed by atoms with Crippen LogP contribution in [0.2, 0.25) is 0 Å². The summed E-state index contributed by atoms with van der Waals surface area (Å²) in [5, 5.41) is 7.61. The fourth-order valence-electron chi connectivity index (χ4n) is 3.73. The van der Waals surface area contributed by atoms with E-state index in [1.54, 1.807) is 24.3 Å². The third kappa shape index (κ3) is 6.65. The predicted molar refractivity (Wildman–Crippen MR) is 123 cm³/mol. The smallest absolute Gasteiger partial charge is 0.325 e. The van der Waals surface area contributed by atoms with Crippen molar-refractivity contribution in [1.82, 2.24) is 15.1 Å². The van der Waals surface area contributed by atoms with Gasteiger partial charge >= 0.3 is 6.03 Å². The van der Waals surface area contributed by atoms with Crippen LogP contribution >= 0.6 is 0 Å². The van der Waals surface area contributed by atoms with Crippen molar-refractivity contribution in [3.63, 3.8) is 0 Å². The monoisotopic (exact) mass is 471 g/mol. The van der Waals surface area contributed by atoms with E-state index in [1.807, 2.05) is 9.80 Å². The van der Waals surface area contributed by atoms with E-state index in [-0.39, 0.29) is 19.0 Å². The molecular formula is C23H26FN5O5. The first kappa shape index (κ1) is 23.5. The average Bonchev–Trinajstić information content (AvgIpc) is 2.80. The first-order valence-corrected chi connectivity index (χ1v) is 11.0. The van der Waals surface area contributed by atoms with E-state index < -0.39 is 17.8 Å². The molecule has 3 N–H and O–H groups in total. The van der Waals surface area contributed by atoms with Gasteiger partial charge in [-0.1, -0.05) is 6.07 Å². The van der Waals surface area contributed by atoms with Gasteiger partial charge in [0.2, 0.25) is 11.8 Å². The number of carbonyl (C=O) groups is 3. The van der Waals surface area contributed by atoms with Crippen LogP contribution in [-0.2, 0) is 9.59 Å². The standard InChI is InChI=1S/C23H26FN5O5/c24-16-2-1-3-17(12-16)25-21(30)14-28-6-8-29(9-7-28)15-22(31)27-23(32)26-18-4-5-19-20(13-18)34-11-10-33-19/h1-5,12-13H,6-11,14-15H2,(H,25,30)(H2,26,27,31,32). The van der Waals surface area contributed by atoms with Gasteiger partial charge in [-0.15, -0.1) is 0 Å². The maximum Gasteiger partial charge on any atom is 0.325 e. The lowest BCUT2D eigenvalue weighted by Gasteiger charge is -2.33. The number of imide groups is 1. The Morgan fingerprint density at radius 3 is 2.15 bits per heavy atom. The fraction of sp³-hybridized carbons (Fsp3) is 0.348. The SMILES string of the molecule is O=C(CN1CCN(CC(=O)Nc2cccc(F)c2)CC1)NC(=O)Nc1ccc2c(c1)OCCO2. The van der Waals surface area contributed by atoms with Crippen molar-refractivity contribution in [2.45, 2.75) is 0 Å². The number of halogens is 1. The molecule has 4 rings (SSSR count). The van der Waals surface area contributed by atoms with Crippen LogP contribution in [0.1, 0.15) is 0 Å². The summed E-state index contributed by atoms with van der Waals surface area (Å²) in [7, 11) is 0. The van der Waals surface area contributed by atoms with Crippen molar-refractivity contribution < 1.29 is 28.2 Å². The average molecular weight is 471 g/mol. The number of amides is 4. The van der Waals surface area contributed by atoms with Crippen molar-refractivity contribution >= 4 is 29.2 Å². The molecule has 2 aromatic rings. The summed E-state index contributed by atoms with van der Waals surface area (Å²) < 4.78 is 24.2. The van der Waals surface area contributed by atoms with Crippen LogP contribution < -0.4 is 25.4 Å². The molecule has 2 aliphatic rings. The number of nitrogens with one attached hydrogen (secondary N) is 3. The number of urea groups is 1. The van der Waals surface area contributed by atoms with Crippen LogP contribution in [0.5, 0.6) is 11.5 Å². The lowest BCUT2D eigenvalue weighted by Crippen LogP contribution is -2.51. The highest BCUT2D eigenvalue weighted by Gasteiger charge is 2.21. The Balaban J connectivity index is 1.16. The van der Waals surface area contributed by atoms with Crippen molar-refractivity contribution in [3.8, 4) is 11.5 Å². The topological polar surface area (TPSA) is 112 Å². The van der Waals surface area contributed by atoms with E-state index in [0.29, 0.717) is 62.3 Å². The number of hydrogen-bond donors (Lipinski definition) is 3. The van der Waals surface area contributed by atoms with Crippen LogP contribution in [0.25, 0.3) is 0 Å².